The van der Waals surface area contributed by atoms with Crippen LogP contribution >= 0.6 is 22.7 Å². The number of rotatable bonds is 14. The van der Waals surface area contributed by atoms with Crippen molar-refractivity contribution in [1.82, 2.24) is 0 Å². The molecule has 0 radical (unpaired) electrons. The minimum atomic E-state index is -0.242. The molecule has 27 rings (SSSR count). The summed E-state index contributed by atoms with van der Waals surface area (Å²) in [7, 11) is 0. The maximum Gasteiger partial charge on any atom is 0.140 e. The highest BCUT2D eigenvalue weighted by Gasteiger charge is 2.41. The van der Waals surface area contributed by atoms with Gasteiger partial charge >= 0.3 is 0 Å². The number of hydrogen-bond acceptors (Lipinski definition) is 6. The molecule has 24 aromatic rings. The number of nitrogens with zero attached hydrogens (tertiary/aromatic N) is 3. The lowest BCUT2D eigenvalue weighted by Gasteiger charge is -2.28. The second-order valence-corrected chi connectivity index (χ2v) is 40.7. The van der Waals surface area contributed by atoms with Gasteiger partial charge in [0, 0.05) is 103 Å². The fourth-order valence-electron chi connectivity index (χ4n) is 22.3. The molecule has 0 amide bonds. The molecule has 0 saturated heterocycles. The molecule has 662 valence electrons. The van der Waals surface area contributed by atoms with Gasteiger partial charge in [0.15, 0.2) is 0 Å². The molecule has 0 bridgehead atoms. The summed E-state index contributed by atoms with van der Waals surface area (Å²) in [5, 5.41) is 10.2. The van der Waals surface area contributed by atoms with Crippen molar-refractivity contribution in [1.29, 1.82) is 0 Å². The molecular formula is C133H97N3OS2. The van der Waals surface area contributed by atoms with Gasteiger partial charge in [0.2, 0.25) is 0 Å². The monoisotopic (exact) mass is 1820 g/mol. The Morgan fingerprint density at radius 3 is 0.993 bits per heavy atom. The molecule has 0 saturated carbocycles. The van der Waals surface area contributed by atoms with Gasteiger partial charge in [-0.2, -0.15) is 0 Å². The van der Waals surface area contributed by atoms with Gasteiger partial charge in [-0.15, -0.1) is 22.7 Å². The number of para-hydroxylation sites is 2. The Kier molecular flexibility index (Phi) is 20.7. The first kappa shape index (κ1) is 84.3. The normalized spacial score (nSPS) is 13.1. The van der Waals surface area contributed by atoms with E-state index < -0.39 is 0 Å². The lowest BCUT2D eigenvalue weighted by Crippen LogP contribution is -2.17. The fraction of sp³-hybridized carbons (Fsp3) is 0.0677. The quantitative estimate of drug-likeness (QED) is 0.108. The molecule has 3 heterocycles. The van der Waals surface area contributed by atoms with Crippen LogP contribution in [0.15, 0.2) is 484 Å². The van der Waals surface area contributed by atoms with Crippen LogP contribution in [0.3, 0.4) is 0 Å². The van der Waals surface area contributed by atoms with Crippen LogP contribution in [0.25, 0.3) is 162 Å². The lowest BCUT2D eigenvalue weighted by atomic mass is 9.81. The zero-order valence-corrected chi connectivity index (χ0v) is 79.8. The first-order valence-corrected chi connectivity index (χ1v) is 49.8. The molecule has 3 aromatic heterocycles. The minimum absolute atomic E-state index is 0.0119. The Balaban J connectivity index is 0.000000110. The van der Waals surface area contributed by atoms with Gasteiger partial charge in [0.1, 0.15) is 11.2 Å². The summed E-state index contributed by atoms with van der Waals surface area (Å²) in [4.78, 5) is 7.21. The summed E-state index contributed by atoms with van der Waals surface area (Å²) in [6, 6.07) is 174. The summed E-state index contributed by atoms with van der Waals surface area (Å²) < 4.78 is 11.9. The largest absolute Gasteiger partial charge is 0.456 e. The maximum absolute atomic E-state index is 6.56. The minimum Gasteiger partial charge on any atom is -0.456 e. The van der Waals surface area contributed by atoms with Gasteiger partial charge in [0.25, 0.3) is 0 Å². The molecule has 0 N–H and O–H groups in total. The number of benzene rings is 21. The van der Waals surface area contributed by atoms with E-state index >= 15 is 0 Å². The Bertz CT molecular complexity index is 8680. The van der Waals surface area contributed by atoms with Crippen molar-refractivity contribution < 1.29 is 4.42 Å². The SMILES string of the molecule is CC1(C)c2cc(N(c3ccc(-c4ccccc4)cc3)c3ccc(-c4ccccc4)cc3)ccc2-c2ccc3c(oc4ccccc43)c21.CC1(C)c2ccccc2-c2cc3c(cc21)sc1c(N(c2ccc(-c4ccccc4)cc2)c2ccc(-c4ccccc4)cc2)cccc13.CC1(C)c2ccccc2-c2cc3c(cc21)sc1c(N(c2ccccc2)c2ccc(-c4ccc5ccccc5c4)cc2)cccc13. The van der Waals surface area contributed by atoms with Crippen LogP contribution in [0.4, 0.5) is 51.2 Å². The van der Waals surface area contributed by atoms with Crippen LogP contribution in [0.5, 0.6) is 0 Å². The lowest BCUT2D eigenvalue weighted by molar-refractivity contribution is 0.620. The molecule has 4 nitrogen and oxygen atoms in total. The highest BCUT2D eigenvalue weighted by molar-refractivity contribution is 7.27. The van der Waals surface area contributed by atoms with E-state index in [1.165, 1.54) is 196 Å². The Labute approximate surface area is 819 Å². The second kappa shape index (κ2) is 34.1. The highest BCUT2D eigenvalue weighted by Crippen LogP contribution is 2.59. The van der Waals surface area contributed by atoms with Crippen molar-refractivity contribution in [3.8, 4) is 89.0 Å². The molecule has 0 spiro atoms. The average Bonchev–Trinajstić information content (AvgIpc) is 1.55. The second-order valence-electron chi connectivity index (χ2n) is 38.6. The third-order valence-electron chi connectivity index (χ3n) is 29.4. The van der Waals surface area contributed by atoms with Crippen LogP contribution in [0, 0.1) is 0 Å². The summed E-state index contributed by atoms with van der Waals surface area (Å²) in [5.41, 5.74) is 40.4. The third-order valence-corrected chi connectivity index (χ3v) is 31.8. The van der Waals surface area contributed by atoms with E-state index in [1.54, 1.807) is 0 Å². The van der Waals surface area contributed by atoms with Gasteiger partial charge in [-0.05, 0) is 267 Å². The maximum atomic E-state index is 6.56. The van der Waals surface area contributed by atoms with E-state index in [9.17, 15) is 0 Å². The smallest absolute Gasteiger partial charge is 0.140 e. The molecule has 0 atom stereocenters. The molecule has 21 aromatic carbocycles. The van der Waals surface area contributed by atoms with Gasteiger partial charge in [0.05, 0.1) is 20.8 Å². The van der Waals surface area contributed by atoms with Crippen LogP contribution in [0.1, 0.15) is 74.9 Å². The third kappa shape index (κ3) is 14.6. The summed E-state index contributed by atoms with van der Waals surface area (Å²) >= 11 is 3.82. The Hall–Kier alpha value is -16.5. The zero-order valence-electron chi connectivity index (χ0n) is 78.2. The number of thiophene rings is 2. The first-order valence-electron chi connectivity index (χ1n) is 48.1. The summed E-state index contributed by atoms with van der Waals surface area (Å²) in [5.74, 6) is 0. The topological polar surface area (TPSA) is 22.9 Å². The summed E-state index contributed by atoms with van der Waals surface area (Å²) in [6.07, 6.45) is 0. The predicted octanol–water partition coefficient (Wildman–Crippen LogP) is 38.5. The Morgan fingerprint density at radius 2 is 0.532 bits per heavy atom. The van der Waals surface area contributed by atoms with Crippen molar-refractivity contribution in [2.45, 2.75) is 57.8 Å². The molecule has 0 fully saturated rings. The average molecular weight is 1820 g/mol. The molecule has 6 heteroatoms. The molecule has 0 unspecified atom stereocenters. The molecule has 3 aliphatic carbocycles. The number of hydrogen-bond donors (Lipinski definition) is 0. The Morgan fingerprint density at radius 1 is 0.194 bits per heavy atom. The standard InChI is InChI=1S/C45H33NO.C45H33NS.C43H31NS/c1-45(2)41-29-36(25-26-37(41)39-27-28-40-38-15-9-10-16-42(38)47-44(40)43(39)45)46(34-21-17-32(18-22-34)30-11-5-3-6-12-30)35-23-19-33(20-24-35)31-13-7-4-8-14-31;1-45(2)40-18-10-9-16-36(40)38-28-39-37-17-11-19-42(44(37)47-43(39)29-41(38)45)46(34-24-20-32(21-25-34)30-12-5-3-6-13-30)35-26-22-33(23-27-35)31-14-7-4-8-15-31;1-43(2)38-17-9-8-15-34(38)36-26-37-35-16-10-18-40(42(35)45-41(37)27-39(36)43)44(32-13-4-3-5-14-32)33-23-21-29(22-24-33)31-20-19-28-11-6-7-12-30(28)25-31/h2*3-29H,1-2H3;3-27H,1-2H3. The van der Waals surface area contributed by atoms with E-state index in [0.29, 0.717) is 0 Å². The van der Waals surface area contributed by atoms with E-state index in [0.717, 1.165) is 51.0 Å². The predicted molar refractivity (Wildman–Crippen MR) is 594 cm³/mol. The van der Waals surface area contributed by atoms with Crippen molar-refractivity contribution in [2.75, 3.05) is 14.7 Å². The van der Waals surface area contributed by atoms with Crippen LogP contribution in [0.2, 0.25) is 0 Å². The highest BCUT2D eigenvalue weighted by atomic mass is 32.1. The zero-order chi connectivity index (χ0) is 93.2. The molecule has 0 aliphatic heterocycles. The first-order chi connectivity index (χ1) is 68.2. The van der Waals surface area contributed by atoms with Crippen molar-refractivity contribution in [3.63, 3.8) is 0 Å². The van der Waals surface area contributed by atoms with Gasteiger partial charge in [-0.25, -0.2) is 0 Å². The van der Waals surface area contributed by atoms with Gasteiger partial charge in [-0.3, -0.25) is 0 Å². The number of fused-ring (bicyclic) bond motifs is 20. The number of furan rings is 1. The van der Waals surface area contributed by atoms with Gasteiger partial charge in [-0.1, -0.05) is 381 Å². The van der Waals surface area contributed by atoms with Crippen molar-refractivity contribution in [2.24, 2.45) is 0 Å². The van der Waals surface area contributed by atoms with Crippen LogP contribution in [-0.2, 0) is 16.2 Å². The van der Waals surface area contributed by atoms with Crippen LogP contribution < -0.4 is 14.7 Å². The van der Waals surface area contributed by atoms with Crippen molar-refractivity contribution >= 4 is 147 Å². The van der Waals surface area contributed by atoms with E-state index in [-0.39, 0.29) is 16.2 Å². The fourth-order valence-corrected chi connectivity index (χ4v) is 24.7. The van der Waals surface area contributed by atoms with Crippen LogP contribution in [-0.4, -0.2) is 0 Å². The molecule has 139 heavy (non-hydrogen) atoms. The summed E-state index contributed by atoms with van der Waals surface area (Å²) in [6.45, 7) is 14.1. The van der Waals surface area contributed by atoms with E-state index in [2.05, 4.69) is 529 Å². The molecular weight excluding hydrogens is 1720 g/mol. The number of anilines is 9. The van der Waals surface area contributed by atoms with E-state index in [4.69, 9.17) is 4.42 Å². The van der Waals surface area contributed by atoms with E-state index in [1.807, 2.05) is 28.7 Å². The molecule has 3 aliphatic rings. The van der Waals surface area contributed by atoms with Gasteiger partial charge < -0.3 is 19.1 Å². The van der Waals surface area contributed by atoms with Crippen molar-refractivity contribution in [3.05, 3.63) is 513 Å².